The van der Waals surface area contributed by atoms with Crippen LogP contribution in [0.1, 0.15) is 0 Å². The fourth-order valence-corrected chi connectivity index (χ4v) is 3.66. The zero-order valence-electron chi connectivity index (χ0n) is 18.2. The number of carbonyl (C=O) groups excluding carboxylic acids is 1. The fraction of sp³-hybridized carbons (Fsp3) is 0.0833. The first kappa shape index (κ1) is 20.5. The Balaban J connectivity index is 1.20. The molecule has 1 aliphatic rings. The summed E-state index contributed by atoms with van der Waals surface area (Å²) in [5, 5.41) is 21.5. The van der Waals surface area contributed by atoms with Gasteiger partial charge >= 0.3 is 0 Å². The summed E-state index contributed by atoms with van der Waals surface area (Å²) in [7, 11) is 0. The summed E-state index contributed by atoms with van der Waals surface area (Å²) < 4.78 is 11.7. The number of carbonyl (C=O) groups is 1. The second-order valence-electron chi connectivity index (χ2n) is 7.76. The number of nitrogens with one attached hydrogen (secondary N) is 3. The summed E-state index contributed by atoms with van der Waals surface area (Å²) in [5.74, 6) is 1.78. The van der Waals surface area contributed by atoms with Gasteiger partial charge in [0.05, 0.1) is 29.8 Å². The number of amides is 1. The summed E-state index contributed by atoms with van der Waals surface area (Å²) in [5.41, 5.74) is 3.09. The van der Waals surface area contributed by atoms with Crippen LogP contribution in [-0.2, 0) is 4.79 Å². The third kappa shape index (κ3) is 4.29. The Morgan fingerprint density at radius 3 is 2.86 bits per heavy atom. The number of aromatic amines is 1. The average molecular weight is 466 g/mol. The van der Waals surface area contributed by atoms with Crippen molar-refractivity contribution in [1.82, 2.24) is 30.4 Å². The Bertz CT molecular complexity index is 1520. The molecule has 1 amide bonds. The van der Waals surface area contributed by atoms with Gasteiger partial charge in [0.1, 0.15) is 12.4 Å². The van der Waals surface area contributed by atoms with Crippen LogP contribution in [0.3, 0.4) is 0 Å². The molecule has 172 valence electrons. The van der Waals surface area contributed by atoms with E-state index in [1.807, 2.05) is 24.3 Å². The molecular formula is C24H18N8O3. The Hall–Kier alpha value is -5.06. The number of nitrogens with zero attached hydrogens (tertiary/aromatic N) is 5. The summed E-state index contributed by atoms with van der Waals surface area (Å²) in [6, 6.07) is 14.7. The van der Waals surface area contributed by atoms with Crippen LogP contribution >= 0.6 is 0 Å². The zero-order chi connectivity index (χ0) is 23.6. The van der Waals surface area contributed by atoms with E-state index in [4.69, 9.17) is 9.47 Å². The minimum absolute atomic E-state index is 0.0909. The lowest BCUT2D eigenvalue weighted by Gasteiger charge is -2.26. The molecule has 1 unspecified atom stereocenters. The largest absolute Gasteiger partial charge is 0.485 e. The first-order chi connectivity index (χ1) is 17.2. The zero-order valence-corrected chi connectivity index (χ0v) is 18.2. The highest BCUT2D eigenvalue weighted by molar-refractivity contribution is 5.94. The summed E-state index contributed by atoms with van der Waals surface area (Å²) in [4.78, 5) is 21.6. The maximum atomic E-state index is 12.6. The second-order valence-corrected chi connectivity index (χ2v) is 7.76. The van der Waals surface area contributed by atoms with Crippen LogP contribution in [0.15, 0.2) is 73.3 Å². The Morgan fingerprint density at radius 1 is 0.971 bits per heavy atom. The van der Waals surface area contributed by atoms with Gasteiger partial charge in [-0.25, -0.2) is 9.97 Å². The standard InChI is InChI=1S/C24H18N8O3/c33-24(30-17-5-8-26-27-12-17)21-13-34-19-4-1-14(10-20(19)35-21)23-25-7-6-22(31-23)29-16-2-3-18-15(9-16)11-28-32-18/h1-12,21H,13H2,(H,28,32)(H,25,29,31)(H,26,30,33). The first-order valence-corrected chi connectivity index (χ1v) is 10.8. The molecule has 35 heavy (non-hydrogen) atoms. The lowest BCUT2D eigenvalue weighted by atomic mass is 10.1. The lowest BCUT2D eigenvalue weighted by Crippen LogP contribution is -2.40. The molecule has 3 N–H and O–H groups in total. The molecule has 0 fully saturated rings. The van der Waals surface area contributed by atoms with Crippen LogP contribution in [0.5, 0.6) is 11.5 Å². The van der Waals surface area contributed by atoms with Crippen molar-refractivity contribution in [3.8, 4) is 22.9 Å². The number of hydrogen-bond donors (Lipinski definition) is 3. The van der Waals surface area contributed by atoms with Gasteiger partial charge in [0.15, 0.2) is 17.3 Å². The SMILES string of the molecule is O=C(Nc1ccnnc1)C1COc2ccc(-c3nccc(Nc4ccc5[nH]ncc5c4)n3)cc2O1. The maximum absolute atomic E-state index is 12.6. The average Bonchev–Trinajstić information content (AvgIpc) is 3.37. The molecule has 5 aromatic rings. The number of ether oxygens (including phenoxy) is 2. The maximum Gasteiger partial charge on any atom is 0.269 e. The second kappa shape index (κ2) is 8.71. The van der Waals surface area contributed by atoms with Crippen molar-refractivity contribution in [1.29, 1.82) is 0 Å². The Morgan fingerprint density at radius 2 is 1.94 bits per heavy atom. The Kier molecular flexibility index (Phi) is 5.11. The molecule has 6 rings (SSSR count). The van der Waals surface area contributed by atoms with Crippen molar-refractivity contribution in [3.63, 3.8) is 0 Å². The molecule has 0 aliphatic carbocycles. The summed E-state index contributed by atoms with van der Waals surface area (Å²) >= 11 is 0. The van der Waals surface area contributed by atoms with Crippen LogP contribution in [0, 0.1) is 0 Å². The predicted octanol–water partition coefficient (Wildman–Crippen LogP) is 3.33. The van der Waals surface area contributed by atoms with E-state index < -0.39 is 6.10 Å². The predicted molar refractivity (Wildman–Crippen MR) is 127 cm³/mol. The molecule has 0 bridgehead atoms. The van der Waals surface area contributed by atoms with Crippen LogP contribution in [-0.4, -0.2) is 49.0 Å². The number of rotatable bonds is 5. The number of benzene rings is 2. The van der Waals surface area contributed by atoms with E-state index in [1.165, 1.54) is 12.4 Å². The molecule has 0 saturated carbocycles. The Labute approximate surface area is 198 Å². The smallest absolute Gasteiger partial charge is 0.269 e. The minimum atomic E-state index is -0.822. The van der Waals surface area contributed by atoms with Crippen molar-refractivity contribution in [3.05, 3.63) is 73.3 Å². The third-order valence-electron chi connectivity index (χ3n) is 5.37. The normalized spacial score (nSPS) is 14.5. The molecule has 11 heteroatoms. The molecule has 0 spiro atoms. The molecule has 0 radical (unpaired) electrons. The number of fused-ring (bicyclic) bond motifs is 2. The van der Waals surface area contributed by atoms with Gasteiger partial charge in [0.25, 0.3) is 5.91 Å². The quantitative estimate of drug-likeness (QED) is 0.356. The van der Waals surface area contributed by atoms with Gasteiger partial charge < -0.3 is 20.1 Å². The molecule has 1 aliphatic heterocycles. The van der Waals surface area contributed by atoms with Gasteiger partial charge in [0, 0.05) is 22.8 Å². The van der Waals surface area contributed by atoms with Gasteiger partial charge in [0.2, 0.25) is 6.10 Å². The van der Waals surface area contributed by atoms with Crippen molar-refractivity contribution in [2.24, 2.45) is 0 Å². The van der Waals surface area contributed by atoms with E-state index in [-0.39, 0.29) is 12.5 Å². The highest BCUT2D eigenvalue weighted by Crippen LogP contribution is 2.35. The molecule has 0 saturated heterocycles. The van der Waals surface area contributed by atoms with Crippen molar-refractivity contribution >= 4 is 34.0 Å². The van der Waals surface area contributed by atoms with E-state index in [1.54, 1.807) is 36.7 Å². The van der Waals surface area contributed by atoms with Gasteiger partial charge in [-0.2, -0.15) is 15.3 Å². The third-order valence-corrected chi connectivity index (χ3v) is 5.37. The number of hydrogen-bond acceptors (Lipinski definition) is 9. The van der Waals surface area contributed by atoms with E-state index in [2.05, 4.69) is 41.0 Å². The van der Waals surface area contributed by atoms with Gasteiger partial charge in [-0.15, -0.1) is 0 Å². The van der Waals surface area contributed by atoms with Crippen LogP contribution in [0.4, 0.5) is 17.2 Å². The molecule has 2 aromatic carbocycles. The topological polar surface area (TPSA) is 140 Å². The van der Waals surface area contributed by atoms with Gasteiger partial charge in [-0.3, -0.25) is 9.89 Å². The van der Waals surface area contributed by atoms with E-state index in [0.29, 0.717) is 28.8 Å². The molecule has 11 nitrogen and oxygen atoms in total. The van der Waals surface area contributed by atoms with Crippen molar-refractivity contribution in [2.45, 2.75) is 6.10 Å². The van der Waals surface area contributed by atoms with Crippen molar-refractivity contribution in [2.75, 3.05) is 17.2 Å². The number of anilines is 3. The van der Waals surface area contributed by atoms with Crippen LogP contribution in [0.2, 0.25) is 0 Å². The van der Waals surface area contributed by atoms with E-state index in [0.717, 1.165) is 22.2 Å². The van der Waals surface area contributed by atoms with E-state index >= 15 is 0 Å². The fourth-order valence-electron chi connectivity index (χ4n) is 3.66. The van der Waals surface area contributed by atoms with Crippen LogP contribution in [0.25, 0.3) is 22.3 Å². The van der Waals surface area contributed by atoms with E-state index in [9.17, 15) is 4.79 Å². The van der Waals surface area contributed by atoms with Crippen LogP contribution < -0.4 is 20.1 Å². The van der Waals surface area contributed by atoms with Gasteiger partial charge in [-0.1, -0.05) is 0 Å². The van der Waals surface area contributed by atoms with Crippen molar-refractivity contribution < 1.29 is 14.3 Å². The summed E-state index contributed by atoms with van der Waals surface area (Å²) in [6.07, 6.45) is 5.57. The molecule has 1 atom stereocenters. The number of aromatic nitrogens is 6. The highest BCUT2D eigenvalue weighted by Gasteiger charge is 2.28. The minimum Gasteiger partial charge on any atom is -0.485 e. The molecule has 3 aromatic heterocycles. The molecular weight excluding hydrogens is 448 g/mol. The van der Waals surface area contributed by atoms with Gasteiger partial charge in [-0.05, 0) is 48.5 Å². The monoisotopic (exact) mass is 466 g/mol. The lowest BCUT2D eigenvalue weighted by molar-refractivity contribution is -0.125. The first-order valence-electron chi connectivity index (χ1n) is 10.8. The molecule has 4 heterocycles. The highest BCUT2D eigenvalue weighted by atomic mass is 16.6. The number of H-pyrrole nitrogens is 1. The summed E-state index contributed by atoms with van der Waals surface area (Å²) in [6.45, 7) is 0.0909.